The topological polar surface area (TPSA) is 133 Å². The molecule has 3 N–H and O–H groups in total. The number of pyridine rings is 1. The first-order valence-electron chi connectivity index (χ1n) is 5.02. The third kappa shape index (κ3) is 2.34. The molecule has 2 rings (SSSR count). The number of carboxylic acids is 1. The lowest BCUT2D eigenvalue weighted by atomic mass is 10.2. The van der Waals surface area contributed by atoms with Gasteiger partial charge in [0, 0.05) is 0 Å². The molecule has 98 valence electrons. The number of esters is 1. The van der Waals surface area contributed by atoms with Gasteiger partial charge in [-0.15, -0.1) is 5.10 Å². The summed E-state index contributed by atoms with van der Waals surface area (Å²) in [4.78, 5) is 29.8. The fourth-order valence-electron chi connectivity index (χ4n) is 1.32. The van der Waals surface area contributed by atoms with Crippen molar-refractivity contribution in [3.05, 3.63) is 30.0 Å². The molecule has 0 radical (unpaired) electrons. The minimum Gasteiger partial charge on any atom is -0.478 e. The van der Waals surface area contributed by atoms with Gasteiger partial charge in [-0.1, -0.05) is 0 Å². The summed E-state index contributed by atoms with van der Waals surface area (Å²) < 4.78 is 5.61. The number of carbonyl (C=O) groups excluding carboxylic acids is 1. The van der Waals surface area contributed by atoms with Gasteiger partial charge in [-0.3, -0.25) is 0 Å². The van der Waals surface area contributed by atoms with Gasteiger partial charge in [-0.2, -0.15) is 0 Å². The molecule has 0 aliphatic heterocycles. The molecule has 0 fully saturated rings. The maximum atomic E-state index is 11.2. The summed E-state index contributed by atoms with van der Waals surface area (Å²) in [5.74, 6) is -1.87. The number of carbonyl (C=O) groups is 2. The second-order valence-electron chi connectivity index (χ2n) is 3.44. The molecule has 2 aromatic rings. The number of nitrogen functional groups attached to an aromatic ring is 1. The third-order valence-electron chi connectivity index (χ3n) is 2.25. The number of ether oxygens (including phenoxy) is 1. The first-order chi connectivity index (χ1) is 9.02. The minimum atomic E-state index is -1.19. The van der Waals surface area contributed by atoms with Crippen molar-refractivity contribution in [3.63, 3.8) is 0 Å². The van der Waals surface area contributed by atoms with Crippen molar-refractivity contribution in [2.24, 2.45) is 0 Å². The quantitative estimate of drug-likeness (QED) is 0.723. The van der Waals surface area contributed by atoms with Gasteiger partial charge in [0.15, 0.2) is 5.82 Å². The van der Waals surface area contributed by atoms with Crippen LogP contribution < -0.4 is 5.73 Å². The average Bonchev–Trinajstić information content (AvgIpc) is 2.87. The van der Waals surface area contributed by atoms with Crippen LogP contribution in [0.5, 0.6) is 0 Å². The number of carboxylic acid groups (broad SMARTS) is 1. The predicted molar refractivity (Wildman–Crippen MR) is 61.9 cm³/mol. The normalized spacial score (nSPS) is 10.2. The molecule has 0 spiro atoms. The molecule has 0 saturated carbocycles. The zero-order chi connectivity index (χ0) is 14.0. The lowest BCUT2D eigenvalue weighted by Crippen LogP contribution is -2.08. The maximum absolute atomic E-state index is 11.2. The van der Waals surface area contributed by atoms with E-state index in [-0.39, 0.29) is 22.9 Å². The first-order valence-corrected chi connectivity index (χ1v) is 5.02. The summed E-state index contributed by atoms with van der Waals surface area (Å²) in [6.45, 7) is 0. The highest BCUT2D eigenvalue weighted by atomic mass is 16.5. The standard InChI is InChI=1S/C10H9N5O4/c1-19-10(18)8-13-4-15(14-8)7-2-5(9(16)17)6(11)3-12-7/h2-4H,11H2,1H3,(H,16,17). The van der Waals surface area contributed by atoms with Crippen LogP contribution in [0.2, 0.25) is 0 Å². The van der Waals surface area contributed by atoms with E-state index >= 15 is 0 Å². The number of nitrogens with zero attached hydrogens (tertiary/aromatic N) is 4. The highest BCUT2D eigenvalue weighted by molar-refractivity contribution is 5.93. The molecule has 9 heteroatoms. The number of hydrogen-bond acceptors (Lipinski definition) is 7. The molecule has 0 saturated heterocycles. The van der Waals surface area contributed by atoms with E-state index in [1.807, 2.05) is 0 Å². The van der Waals surface area contributed by atoms with Gasteiger partial charge in [0.25, 0.3) is 5.82 Å². The zero-order valence-corrected chi connectivity index (χ0v) is 9.77. The number of aromatic carboxylic acids is 1. The largest absolute Gasteiger partial charge is 0.478 e. The van der Waals surface area contributed by atoms with Crippen LogP contribution in [0.1, 0.15) is 21.0 Å². The van der Waals surface area contributed by atoms with Gasteiger partial charge in [0.2, 0.25) is 0 Å². The Bertz CT molecular complexity index is 651. The van der Waals surface area contributed by atoms with Crippen LogP contribution in [0, 0.1) is 0 Å². The monoisotopic (exact) mass is 263 g/mol. The van der Waals surface area contributed by atoms with Crippen molar-refractivity contribution in [2.75, 3.05) is 12.8 Å². The first kappa shape index (κ1) is 12.5. The Morgan fingerprint density at radius 1 is 1.42 bits per heavy atom. The Labute approximate surface area is 106 Å². The second-order valence-corrected chi connectivity index (χ2v) is 3.44. The highest BCUT2D eigenvalue weighted by Crippen LogP contribution is 2.13. The summed E-state index contributed by atoms with van der Waals surface area (Å²) in [5.41, 5.74) is 5.40. The van der Waals surface area contributed by atoms with Gasteiger partial charge in [0.05, 0.1) is 24.6 Å². The van der Waals surface area contributed by atoms with Crippen LogP contribution in [0.4, 0.5) is 5.69 Å². The fourth-order valence-corrected chi connectivity index (χ4v) is 1.32. The molecule has 2 heterocycles. The smallest absolute Gasteiger partial charge is 0.377 e. The number of nitrogens with two attached hydrogens (primary N) is 1. The number of rotatable bonds is 3. The Kier molecular flexibility index (Phi) is 3.10. The van der Waals surface area contributed by atoms with Crippen LogP contribution in [-0.2, 0) is 4.74 Å². The van der Waals surface area contributed by atoms with Crippen molar-refractivity contribution < 1.29 is 19.4 Å². The number of methoxy groups -OCH3 is 1. The maximum Gasteiger partial charge on any atom is 0.377 e. The second kappa shape index (κ2) is 4.72. The fraction of sp³-hybridized carbons (Fsp3) is 0.100. The van der Waals surface area contributed by atoms with E-state index in [1.54, 1.807) is 0 Å². The number of hydrogen-bond donors (Lipinski definition) is 2. The van der Waals surface area contributed by atoms with Gasteiger partial charge in [0.1, 0.15) is 6.33 Å². The van der Waals surface area contributed by atoms with Crippen LogP contribution in [0.25, 0.3) is 5.82 Å². The van der Waals surface area contributed by atoms with Crippen LogP contribution in [0.3, 0.4) is 0 Å². The molecule has 0 aliphatic rings. The summed E-state index contributed by atoms with van der Waals surface area (Å²) in [6.07, 6.45) is 2.41. The lowest BCUT2D eigenvalue weighted by Gasteiger charge is -2.03. The summed E-state index contributed by atoms with van der Waals surface area (Å²) in [6, 6.07) is 1.23. The molecular weight excluding hydrogens is 254 g/mol. The van der Waals surface area contributed by atoms with Gasteiger partial charge in [-0.05, 0) is 6.07 Å². The van der Waals surface area contributed by atoms with E-state index in [0.29, 0.717) is 0 Å². The molecule has 0 aromatic carbocycles. The summed E-state index contributed by atoms with van der Waals surface area (Å²) in [7, 11) is 1.20. The van der Waals surface area contributed by atoms with Crippen molar-refractivity contribution in [2.45, 2.75) is 0 Å². The van der Waals surface area contributed by atoms with E-state index in [2.05, 4.69) is 19.8 Å². The Morgan fingerprint density at radius 2 is 2.16 bits per heavy atom. The number of anilines is 1. The van der Waals surface area contributed by atoms with Crippen molar-refractivity contribution >= 4 is 17.6 Å². The third-order valence-corrected chi connectivity index (χ3v) is 2.25. The van der Waals surface area contributed by atoms with Gasteiger partial charge < -0.3 is 15.6 Å². The Balaban J connectivity index is 2.42. The summed E-state index contributed by atoms with van der Waals surface area (Å²) in [5, 5.41) is 12.8. The van der Waals surface area contributed by atoms with E-state index in [0.717, 1.165) is 4.68 Å². The zero-order valence-electron chi connectivity index (χ0n) is 9.77. The predicted octanol–water partition coefficient (Wildman–Crippen LogP) is -0.271. The molecule has 0 amide bonds. The molecule has 9 nitrogen and oxygen atoms in total. The van der Waals surface area contributed by atoms with Gasteiger partial charge >= 0.3 is 11.9 Å². The van der Waals surface area contributed by atoms with Crippen molar-refractivity contribution in [3.8, 4) is 5.82 Å². The average molecular weight is 263 g/mol. The van der Waals surface area contributed by atoms with Crippen molar-refractivity contribution in [1.29, 1.82) is 0 Å². The Hall–Kier alpha value is -2.97. The lowest BCUT2D eigenvalue weighted by molar-refractivity contribution is 0.0586. The summed E-state index contributed by atoms with van der Waals surface area (Å²) >= 11 is 0. The minimum absolute atomic E-state index is 0.0320. The van der Waals surface area contributed by atoms with Crippen LogP contribution >= 0.6 is 0 Å². The Morgan fingerprint density at radius 3 is 2.79 bits per heavy atom. The SMILES string of the molecule is COC(=O)c1ncn(-c2cc(C(=O)O)c(N)cn2)n1. The van der Waals surface area contributed by atoms with Crippen LogP contribution in [-0.4, -0.2) is 43.9 Å². The molecule has 2 aromatic heterocycles. The van der Waals surface area contributed by atoms with E-state index < -0.39 is 11.9 Å². The van der Waals surface area contributed by atoms with E-state index in [1.165, 1.54) is 25.7 Å². The van der Waals surface area contributed by atoms with Gasteiger partial charge in [-0.25, -0.2) is 24.2 Å². The van der Waals surface area contributed by atoms with E-state index in [9.17, 15) is 9.59 Å². The van der Waals surface area contributed by atoms with Crippen molar-refractivity contribution in [1.82, 2.24) is 19.7 Å². The molecule has 0 unspecified atom stereocenters. The highest BCUT2D eigenvalue weighted by Gasteiger charge is 2.15. The molecule has 19 heavy (non-hydrogen) atoms. The molecule has 0 atom stereocenters. The van der Waals surface area contributed by atoms with Crippen LogP contribution in [0.15, 0.2) is 18.6 Å². The molecule has 0 bridgehead atoms. The molecular formula is C10H9N5O4. The number of aromatic nitrogens is 4. The molecule has 0 aliphatic carbocycles. The van der Waals surface area contributed by atoms with E-state index in [4.69, 9.17) is 10.8 Å².